The maximum absolute atomic E-state index is 9.28. The van der Waals surface area contributed by atoms with Gasteiger partial charge in [0.25, 0.3) is 5.88 Å². The van der Waals surface area contributed by atoms with E-state index in [9.17, 15) is 5.26 Å². The van der Waals surface area contributed by atoms with Crippen LogP contribution in [-0.4, -0.2) is 21.1 Å². The van der Waals surface area contributed by atoms with Gasteiger partial charge in [-0.3, -0.25) is 0 Å². The van der Waals surface area contributed by atoms with Crippen LogP contribution in [0.15, 0.2) is 42.7 Å². The number of rotatable bonds is 4. The van der Waals surface area contributed by atoms with Crippen molar-refractivity contribution in [3.8, 4) is 11.9 Å². The number of hydrogen-bond acceptors (Lipinski definition) is 6. The fraction of sp³-hybridized carbons (Fsp3) is 0.300. The maximum atomic E-state index is 9.28. The number of aromatic nitrogens is 3. The summed E-state index contributed by atoms with van der Waals surface area (Å²) in [7, 11) is 0. The molecule has 0 atom stereocenters. The van der Waals surface area contributed by atoms with Gasteiger partial charge >= 0.3 is 0 Å². The number of anilines is 2. The van der Waals surface area contributed by atoms with Crippen molar-refractivity contribution in [2.75, 3.05) is 5.32 Å². The molecule has 1 saturated carbocycles. The summed E-state index contributed by atoms with van der Waals surface area (Å²) in [6.45, 7) is 0. The lowest BCUT2D eigenvalue weighted by molar-refractivity contribution is 0.148. The standard InChI is InChI=1S/C20H19N5O/c21-11-17-20(26-16-8-2-1-3-9-16)25-19(13-22-17)24-18-10-14-6-4-5-7-15(14)12-23-18/h4-7,10,12-13,16H,1-3,8-9H2,(H,23,24,25). The molecule has 0 bridgehead atoms. The first-order valence-corrected chi connectivity index (χ1v) is 8.87. The summed E-state index contributed by atoms with van der Waals surface area (Å²) >= 11 is 0. The predicted molar refractivity (Wildman–Crippen MR) is 99.3 cm³/mol. The van der Waals surface area contributed by atoms with Gasteiger partial charge in [0.05, 0.1) is 6.20 Å². The van der Waals surface area contributed by atoms with Crippen LogP contribution in [0, 0.1) is 11.3 Å². The molecule has 1 fully saturated rings. The summed E-state index contributed by atoms with van der Waals surface area (Å²) < 4.78 is 5.97. The largest absolute Gasteiger partial charge is 0.472 e. The number of nitrogens with one attached hydrogen (secondary N) is 1. The number of fused-ring (bicyclic) bond motifs is 1. The Bertz CT molecular complexity index is 960. The van der Waals surface area contributed by atoms with Gasteiger partial charge in [-0.2, -0.15) is 10.2 Å². The Morgan fingerprint density at radius 3 is 2.62 bits per heavy atom. The van der Waals surface area contributed by atoms with Crippen LogP contribution in [0.1, 0.15) is 37.8 Å². The second-order valence-corrected chi connectivity index (χ2v) is 6.44. The molecule has 0 saturated heterocycles. The van der Waals surface area contributed by atoms with E-state index in [1.54, 1.807) is 0 Å². The van der Waals surface area contributed by atoms with Crippen molar-refractivity contribution < 1.29 is 4.74 Å². The van der Waals surface area contributed by atoms with E-state index in [0.717, 1.165) is 36.5 Å². The zero-order chi connectivity index (χ0) is 17.8. The molecule has 1 aliphatic rings. The first-order chi connectivity index (χ1) is 12.8. The Morgan fingerprint density at radius 1 is 1.00 bits per heavy atom. The highest BCUT2D eigenvalue weighted by Crippen LogP contribution is 2.25. The van der Waals surface area contributed by atoms with Crippen molar-refractivity contribution in [2.45, 2.75) is 38.2 Å². The summed E-state index contributed by atoms with van der Waals surface area (Å²) in [5.74, 6) is 1.48. The maximum Gasteiger partial charge on any atom is 0.253 e. The number of ether oxygens (including phenoxy) is 1. The highest BCUT2D eigenvalue weighted by Gasteiger charge is 2.18. The second kappa shape index (κ2) is 7.36. The summed E-state index contributed by atoms with van der Waals surface area (Å²) in [6.07, 6.45) is 8.99. The molecule has 2 heterocycles. The Morgan fingerprint density at radius 2 is 1.81 bits per heavy atom. The molecule has 0 unspecified atom stereocenters. The lowest BCUT2D eigenvalue weighted by Crippen LogP contribution is -2.21. The zero-order valence-corrected chi connectivity index (χ0v) is 14.4. The summed E-state index contributed by atoms with van der Waals surface area (Å²) in [6, 6.07) is 12.0. The zero-order valence-electron chi connectivity index (χ0n) is 14.4. The summed E-state index contributed by atoms with van der Waals surface area (Å²) in [5.41, 5.74) is 0.215. The lowest BCUT2D eigenvalue weighted by atomic mass is 9.98. The Labute approximate surface area is 151 Å². The first kappa shape index (κ1) is 16.3. The first-order valence-electron chi connectivity index (χ1n) is 8.87. The minimum absolute atomic E-state index is 0.110. The quantitative estimate of drug-likeness (QED) is 0.757. The van der Waals surface area contributed by atoms with E-state index in [1.165, 1.54) is 12.6 Å². The van der Waals surface area contributed by atoms with E-state index in [4.69, 9.17) is 4.74 Å². The van der Waals surface area contributed by atoms with E-state index in [-0.39, 0.29) is 11.8 Å². The monoisotopic (exact) mass is 345 g/mol. The van der Waals surface area contributed by atoms with Gasteiger partial charge in [-0.05, 0) is 37.1 Å². The smallest absolute Gasteiger partial charge is 0.253 e. The molecule has 3 aromatic rings. The van der Waals surface area contributed by atoms with Crippen LogP contribution < -0.4 is 10.1 Å². The topological polar surface area (TPSA) is 83.7 Å². The average molecular weight is 345 g/mol. The van der Waals surface area contributed by atoms with Crippen molar-refractivity contribution >= 4 is 22.4 Å². The minimum Gasteiger partial charge on any atom is -0.472 e. The third-order valence-electron chi connectivity index (χ3n) is 4.56. The SMILES string of the molecule is N#Cc1ncc(Nc2cc3ccccc3cn2)nc1OC1CCCCC1. The van der Waals surface area contributed by atoms with Crippen LogP contribution in [-0.2, 0) is 0 Å². The Balaban J connectivity index is 1.57. The van der Waals surface area contributed by atoms with Crippen LogP contribution in [0.5, 0.6) is 5.88 Å². The van der Waals surface area contributed by atoms with Crippen molar-refractivity contribution in [2.24, 2.45) is 0 Å². The molecule has 130 valence electrons. The van der Waals surface area contributed by atoms with Crippen molar-refractivity contribution in [3.05, 3.63) is 48.4 Å². The number of nitriles is 1. The van der Waals surface area contributed by atoms with E-state index in [1.807, 2.05) is 36.5 Å². The van der Waals surface area contributed by atoms with Gasteiger partial charge in [0.2, 0.25) is 5.69 Å². The van der Waals surface area contributed by atoms with Gasteiger partial charge in [0.1, 0.15) is 18.0 Å². The molecule has 6 nitrogen and oxygen atoms in total. The van der Waals surface area contributed by atoms with Crippen molar-refractivity contribution in [1.29, 1.82) is 5.26 Å². The molecule has 1 N–H and O–H groups in total. The molecule has 0 spiro atoms. The Kier molecular flexibility index (Phi) is 4.61. The third-order valence-corrected chi connectivity index (χ3v) is 4.56. The lowest BCUT2D eigenvalue weighted by Gasteiger charge is -2.22. The fourth-order valence-electron chi connectivity index (χ4n) is 3.22. The average Bonchev–Trinajstić information content (AvgIpc) is 2.69. The molecular weight excluding hydrogens is 326 g/mol. The van der Waals surface area contributed by atoms with Gasteiger partial charge in [0.15, 0.2) is 5.82 Å². The molecular formula is C20H19N5O. The molecule has 2 aromatic heterocycles. The molecule has 0 amide bonds. The number of pyridine rings is 1. The second-order valence-electron chi connectivity index (χ2n) is 6.44. The van der Waals surface area contributed by atoms with Crippen molar-refractivity contribution in [1.82, 2.24) is 15.0 Å². The van der Waals surface area contributed by atoms with Gasteiger partial charge < -0.3 is 10.1 Å². The van der Waals surface area contributed by atoms with Gasteiger partial charge in [0, 0.05) is 11.6 Å². The Hall–Kier alpha value is -3.20. The van der Waals surface area contributed by atoms with Gasteiger partial charge in [-0.25, -0.2) is 9.97 Å². The summed E-state index contributed by atoms with van der Waals surface area (Å²) in [4.78, 5) is 13.0. The van der Waals surface area contributed by atoms with Crippen LogP contribution in [0.4, 0.5) is 11.6 Å². The van der Waals surface area contributed by atoms with Crippen LogP contribution in [0.3, 0.4) is 0 Å². The van der Waals surface area contributed by atoms with E-state index in [0.29, 0.717) is 17.5 Å². The number of nitrogens with zero attached hydrogens (tertiary/aromatic N) is 4. The minimum atomic E-state index is 0.110. The molecule has 26 heavy (non-hydrogen) atoms. The van der Waals surface area contributed by atoms with Crippen LogP contribution in [0.25, 0.3) is 10.8 Å². The molecule has 4 rings (SSSR count). The van der Waals surface area contributed by atoms with E-state index in [2.05, 4.69) is 26.3 Å². The van der Waals surface area contributed by atoms with Gasteiger partial charge in [-0.15, -0.1) is 0 Å². The molecule has 0 aliphatic heterocycles. The normalized spacial score (nSPS) is 14.7. The molecule has 6 heteroatoms. The highest BCUT2D eigenvalue weighted by atomic mass is 16.5. The number of hydrogen-bond donors (Lipinski definition) is 1. The number of benzene rings is 1. The van der Waals surface area contributed by atoms with Crippen LogP contribution in [0.2, 0.25) is 0 Å². The molecule has 1 aromatic carbocycles. The van der Waals surface area contributed by atoms with E-state index < -0.39 is 0 Å². The fourth-order valence-corrected chi connectivity index (χ4v) is 3.22. The van der Waals surface area contributed by atoms with Gasteiger partial charge in [-0.1, -0.05) is 30.7 Å². The van der Waals surface area contributed by atoms with E-state index >= 15 is 0 Å². The predicted octanol–water partition coefficient (Wildman–Crippen LogP) is 4.35. The summed E-state index contributed by atoms with van der Waals surface area (Å²) in [5, 5.41) is 14.6. The molecule has 1 aliphatic carbocycles. The highest BCUT2D eigenvalue weighted by molar-refractivity contribution is 5.84. The third kappa shape index (κ3) is 3.57. The van der Waals surface area contributed by atoms with Crippen LogP contribution >= 0.6 is 0 Å². The molecule has 0 radical (unpaired) electrons. The van der Waals surface area contributed by atoms with Crippen molar-refractivity contribution in [3.63, 3.8) is 0 Å².